The Bertz CT molecular complexity index is 708. The average molecular weight is 338 g/mol. The van der Waals surface area contributed by atoms with Crippen molar-refractivity contribution in [2.24, 2.45) is 5.10 Å². The molecule has 0 saturated heterocycles. The van der Waals surface area contributed by atoms with E-state index in [4.69, 9.17) is 0 Å². The van der Waals surface area contributed by atoms with E-state index in [0.717, 1.165) is 29.9 Å². The van der Waals surface area contributed by atoms with Crippen LogP contribution in [0.4, 0.5) is 11.4 Å². The normalized spacial score (nSPS) is 10.7. The molecule has 2 aromatic rings. The molecule has 132 valence electrons. The van der Waals surface area contributed by atoms with Gasteiger partial charge in [0.05, 0.1) is 6.21 Å². The topological polar surface area (TPSA) is 56.7 Å². The Morgan fingerprint density at radius 3 is 2.60 bits per heavy atom. The van der Waals surface area contributed by atoms with Crippen LogP contribution in [0.5, 0.6) is 0 Å². The van der Waals surface area contributed by atoms with Crippen LogP contribution in [0.3, 0.4) is 0 Å². The first kappa shape index (κ1) is 18.5. The van der Waals surface area contributed by atoms with Crippen LogP contribution < -0.4 is 15.6 Å². The van der Waals surface area contributed by atoms with Crippen LogP contribution in [-0.2, 0) is 4.79 Å². The molecule has 0 unspecified atom stereocenters. The number of anilines is 2. The third-order valence-corrected chi connectivity index (χ3v) is 3.74. The van der Waals surface area contributed by atoms with Gasteiger partial charge in [-0.3, -0.25) is 4.79 Å². The lowest BCUT2D eigenvalue weighted by atomic mass is 10.2. The number of rotatable bonds is 8. The molecule has 0 radical (unpaired) electrons. The molecule has 2 rings (SSSR count). The van der Waals surface area contributed by atoms with Crippen LogP contribution in [0.1, 0.15) is 24.0 Å². The molecule has 1 amide bonds. The second-order valence-corrected chi connectivity index (χ2v) is 6.18. The molecular weight excluding hydrogens is 312 g/mol. The monoisotopic (exact) mass is 338 g/mol. The van der Waals surface area contributed by atoms with E-state index in [2.05, 4.69) is 34.9 Å². The number of hydrogen-bond acceptors (Lipinski definition) is 4. The molecule has 5 nitrogen and oxygen atoms in total. The zero-order valence-electron chi connectivity index (χ0n) is 15.1. The van der Waals surface area contributed by atoms with Crippen LogP contribution in [0, 0.1) is 6.92 Å². The number of aryl methyl sites for hydroxylation is 1. The predicted octanol–water partition coefficient (Wildman–Crippen LogP) is 3.40. The summed E-state index contributed by atoms with van der Waals surface area (Å²) in [6.07, 6.45) is 2.85. The Balaban J connectivity index is 1.66. The fourth-order valence-corrected chi connectivity index (χ4v) is 2.33. The summed E-state index contributed by atoms with van der Waals surface area (Å²) in [4.78, 5) is 13.8. The standard InChI is InChI=1S/C20H26N4O/c1-16-6-4-7-18(14-16)21-13-5-8-20(25)23-22-15-17-9-11-19(12-10-17)24(2)3/h4,6-7,9-12,14-15,21H,5,8,13H2,1-3H3,(H,23,25). The van der Waals surface area contributed by atoms with E-state index in [1.165, 1.54) is 5.56 Å². The average Bonchev–Trinajstić information content (AvgIpc) is 2.59. The van der Waals surface area contributed by atoms with Crippen molar-refractivity contribution in [3.05, 3.63) is 59.7 Å². The van der Waals surface area contributed by atoms with Crippen molar-refractivity contribution in [1.82, 2.24) is 5.43 Å². The van der Waals surface area contributed by atoms with Gasteiger partial charge in [-0.05, 0) is 48.7 Å². The molecule has 0 atom stereocenters. The number of hydrazone groups is 1. The first-order valence-electron chi connectivity index (χ1n) is 8.44. The summed E-state index contributed by atoms with van der Waals surface area (Å²) in [5.41, 5.74) is 6.95. The van der Waals surface area contributed by atoms with Gasteiger partial charge in [0.2, 0.25) is 5.91 Å². The number of amides is 1. The minimum absolute atomic E-state index is 0.0767. The first-order valence-corrected chi connectivity index (χ1v) is 8.44. The quantitative estimate of drug-likeness (QED) is 0.441. The van der Waals surface area contributed by atoms with Crippen molar-refractivity contribution >= 4 is 23.5 Å². The lowest BCUT2D eigenvalue weighted by Gasteiger charge is -2.11. The summed E-state index contributed by atoms with van der Waals surface area (Å²) < 4.78 is 0. The minimum Gasteiger partial charge on any atom is -0.385 e. The van der Waals surface area contributed by atoms with E-state index in [-0.39, 0.29) is 5.91 Å². The van der Waals surface area contributed by atoms with Crippen LogP contribution in [0.15, 0.2) is 53.6 Å². The molecule has 0 aliphatic carbocycles. The second-order valence-electron chi connectivity index (χ2n) is 6.18. The van der Waals surface area contributed by atoms with Crippen LogP contribution >= 0.6 is 0 Å². The summed E-state index contributed by atoms with van der Waals surface area (Å²) in [6, 6.07) is 16.2. The van der Waals surface area contributed by atoms with Gasteiger partial charge in [0.1, 0.15) is 0 Å². The van der Waals surface area contributed by atoms with E-state index in [1.54, 1.807) is 6.21 Å². The number of carbonyl (C=O) groups is 1. The summed E-state index contributed by atoms with van der Waals surface area (Å²) in [6.45, 7) is 2.82. The van der Waals surface area contributed by atoms with Gasteiger partial charge in [-0.1, -0.05) is 24.3 Å². The molecular formula is C20H26N4O. The number of hydrogen-bond donors (Lipinski definition) is 2. The summed E-state index contributed by atoms with van der Waals surface area (Å²) in [5, 5.41) is 7.32. The highest BCUT2D eigenvalue weighted by Gasteiger charge is 2.00. The maximum Gasteiger partial charge on any atom is 0.240 e. The first-order chi connectivity index (χ1) is 12.0. The lowest BCUT2D eigenvalue weighted by Crippen LogP contribution is -2.18. The molecule has 2 aromatic carbocycles. The maximum absolute atomic E-state index is 11.8. The molecule has 0 aliphatic rings. The molecule has 0 aromatic heterocycles. The van der Waals surface area contributed by atoms with Crippen molar-refractivity contribution in [3.8, 4) is 0 Å². The summed E-state index contributed by atoms with van der Waals surface area (Å²) >= 11 is 0. The number of nitrogens with one attached hydrogen (secondary N) is 2. The Labute approximate surface area is 149 Å². The molecule has 25 heavy (non-hydrogen) atoms. The van der Waals surface area contributed by atoms with Gasteiger partial charge in [0.15, 0.2) is 0 Å². The van der Waals surface area contributed by atoms with Crippen molar-refractivity contribution < 1.29 is 4.79 Å². The Kier molecular flexibility index (Phi) is 7.01. The molecule has 0 saturated carbocycles. The van der Waals surface area contributed by atoms with Gasteiger partial charge in [-0.2, -0.15) is 5.10 Å². The van der Waals surface area contributed by atoms with Gasteiger partial charge in [0, 0.05) is 38.4 Å². The second kappa shape index (κ2) is 9.47. The third kappa shape index (κ3) is 6.67. The molecule has 0 spiro atoms. The predicted molar refractivity (Wildman–Crippen MR) is 105 cm³/mol. The van der Waals surface area contributed by atoms with Crippen molar-refractivity contribution in [3.63, 3.8) is 0 Å². The number of nitrogens with zero attached hydrogens (tertiary/aromatic N) is 2. The highest BCUT2D eigenvalue weighted by molar-refractivity contribution is 5.82. The summed E-state index contributed by atoms with van der Waals surface area (Å²) in [7, 11) is 3.99. The van der Waals surface area contributed by atoms with E-state index >= 15 is 0 Å². The SMILES string of the molecule is Cc1cccc(NCCCC(=O)NN=Cc2ccc(N(C)C)cc2)c1. The van der Waals surface area contributed by atoms with Gasteiger partial charge in [-0.15, -0.1) is 0 Å². The summed E-state index contributed by atoms with van der Waals surface area (Å²) in [5.74, 6) is -0.0767. The van der Waals surface area contributed by atoms with E-state index in [0.29, 0.717) is 6.42 Å². The lowest BCUT2D eigenvalue weighted by molar-refractivity contribution is -0.121. The Morgan fingerprint density at radius 1 is 1.16 bits per heavy atom. The Hall–Kier alpha value is -2.82. The fourth-order valence-electron chi connectivity index (χ4n) is 2.33. The molecule has 2 N–H and O–H groups in total. The largest absolute Gasteiger partial charge is 0.385 e. The van der Waals surface area contributed by atoms with Crippen molar-refractivity contribution in [2.45, 2.75) is 19.8 Å². The van der Waals surface area contributed by atoms with Crippen LogP contribution in [0.25, 0.3) is 0 Å². The van der Waals surface area contributed by atoms with Gasteiger partial charge in [0.25, 0.3) is 0 Å². The van der Waals surface area contributed by atoms with Gasteiger partial charge in [-0.25, -0.2) is 5.43 Å². The molecule has 0 bridgehead atoms. The highest BCUT2D eigenvalue weighted by Crippen LogP contribution is 2.11. The van der Waals surface area contributed by atoms with E-state index in [9.17, 15) is 4.79 Å². The van der Waals surface area contributed by atoms with Crippen LogP contribution in [0.2, 0.25) is 0 Å². The number of benzene rings is 2. The highest BCUT2D eigenvalue weighted by atomic mass is 16.2. The molecule has 0 aliphatic heterocycles. The minimum atomic E-state index is -0.0767. The zero-order chi connectivity index (χ0) is 18.1. The van der Waals surface area contributed by atoms with Gasteiger partial charge < -0.3 is 10.2 Å². The molecule has 0 fully saturated rings. The van der Waals surface area contributed by atoms with Crippen molar-refractivity contribution in [1.29, 1.82) is 0 Å². The smallest absolute Gasteiger partial charge is 0.240 e. The van der Waals surface area contributed by atoms with Gasteiger partial charge >= 0.3 is 0 Å². The molecule has 5 heteroatoms. The third-order valence-electron chi connectivity index (χ3n) is 3.74. The fraction of sp³-hybridized carbons (Fsp3) is 0.300. The maximum atomic E-state index is 11.8. The van der Waals surface area contributed by atoms with E-state index in [1.807, 2.05) is 55.4 Å². The Morgan fingerprint density at radius 2 is 1.92 bits per heavy atom. The number of carbonyl (C=O) groups excluding carboxylic acids is 1. The van der Waals surface area contributed by atoms with E-state index < -0.39 is 0 Å². The van der Waals surface area contributed by atoms with Crippen LogP contribution in [-0.4, -0.2) is 32.8 Å². The van der Waals surface area contributed by atoms with Crippen molar-refractivity contribution in [2.75, 3.05) is 30.9 Å². The molecule has 0 heterocycles. The zero-order valence-corrected chi connectivity index (χ0v) is 15.1.